The van der Waals surface area contributed by atoms with E-state index in [9.17, 15) is 25.0 Å². The highest BCUT2D eigenvalue weighted by Crippen LogP contribution is 2.28. The molecule has 0 bridgehead atoms. The van der Waals surface area contributed by atoms with Crippen LogP contribution in [0, 0.1) is 20.2 Å². The maximum Gasteiger partial charge on any atom is 0.351 e. The predicted molar refractivity (Wildman–Crippen MR) is 74.1 cm³/mol. The molecular weight excluding hydrogens is 298 g/mol. The largest absolute Gasteiger partial charge is 0.351 e. The summed E-state index contributed by atoms with van der Waals surface area (Å²) in [4.78, 5) is 40.0. The van der Waals surface area contributed by atoms with E-state index >= 15 is 0 Å². The van der Waals surface area contributed by atoms with Crippen LogP contribution >= 0.6 is 0 Å². The lowest BCUT2D eigenvalue weighted by Crippen LogP contribution is -2.31. The van der Waals surface area contributed by atoms with E-state index in [1.54, 1.807) is 6.21 Å². The van der Waals surface area contributed by atoms with Gasteiger partial charge in [-0.05, 0) is 25.1 Å². The molecule has 1 aliphatic rings. The highest BCUT2D eigenvalue weighted by molar-refractivity contribution is 5.80. The number of carbonyl (C=O) groups excluding carboxylic acids is 1. The molecule has 0 aliphatic carbocycles. The molecule has 0 fully saturated rings. The molecular formula is C11H11N5O6. The molecule has 22 heavy (non-hydrogen) atoms. The molecule has 1 aromatic rings. The molecule has 0 saturated heterocycles. The second-order valence-corrected chi connectivity index (χ2v) is 4.29. The third kappa shape index (κ3) is 3.52. The van der Waals surface area contributed by atoms with Gasteiger partial charge in [-0.25, -0.2) is 4.79 Å². The first-order valence-electron chi connectivity index (χ1n) is 6.15. The average Bonchev–Trinajstić information content (AvgIpc) is 3.01. The van der Waals surface area contributed by atoms with Crippen molar-refractivity contribution in [1.29, 1.82) is 0 Å². The van der Waals surface area contributed by atoms with E-state index in [2.05, 4.69) is 20.8 Å². The van der Waals surface area contributed by atoms with E-state index in [1.165, 1.54) is 0 Å². The van der Waals surface area contributed by atoms with Crippen molar-refractivity contribution < 1.29 is 19.5 Å². The molecule has 0 unspecified atom stereocenters. The molecule has 0 radical (unpaired) electrons. The fraction of sp³-hybridized carbons (Fsp3) is 0.273. The van der Waals surface area contributed by atoms with Crippen molar-refractivity contribution in [3.05, 3.63) is 38.4 Å². The standard InChI is InChI=1S/C11H11N5O6/c17-11(9-2-1-5-12-9)22-14-13-8-4-3-7(15(18)19)6-10(8)16(20)21/h3-6,9,13-14H,1-2H2/t9-/m0/s1. The number of hydrazine groups is 1. The zero-order valence-electron chi connectivity index (χ0n) is 11.1. The van der Waals surface area contributed by atoms with Gasteiger partial charge in [0.2, 0.25) is 0 Å². The first kappa shape index (κ1) is 15.3. The first-order chi connectivity index (χ1) is 10.5. The third-order valence-electron chi connectivity index (χ3n) is 2.85. The monoisotopic (exact) mass is 309 g/mol. The number of nitrogens with zero attached hydrogens (tertiary/aromatic N) is 3. The van der Waals surface area contributed by atoms with Crippen LogP contribution in [0.1, 0.15) is 12.8 Å². The minimum atomic E-state index is -0.792. The molecule has 1 aliphatic heterocycles. The molecule has 2 rings (SSSR count). The zero-order chi connectivity index (χ0) is 16.1. The van der Waals surface area contributed by atoms with Crippen LogP contribution in [0.2, 0.25) is 0 Å². The highest BCUT2D eigenvalue weighted by Gasteiger charge is 2.22. The Bertz CT molecular complexity index is 646. The van der Waals surface area contributed by atoms with Crippen molar-refractivity contribution in [3.63, 3.8) is 0 Å². The van der Waals surface area contributed by atoms with Gasteiger partial charge in [0.15, 0.2) is 0 Å². The Morgan fingerprint density at radius 2 is 2.09 bits per heavy atom. The summed E-state index contributed by atoms with van der Waals surface area (Å²) >= 11 is 0. The number of rotatable bonds is 6. The van der Waals surface area contributed by atoms with Gasteiger partial charge < -0.3 is 4.84 Å². The molecule has 11 nitrogen and oxygen atoms in total. The Kier molecular flexibility index (Phi) is 4.58. The average molecular weight is 309 g/mol. The number of hydrogen-bond donors (Lipinski definition) is 2. The van der Waals surface area contributed by atoms with Crippen LogP contribution in [0.4, 0.5) is 17.1 Å². The van der Waals surface area contributed by atoms with Crippen molar-refractivity contribution in [2.75, 3.05) is 5.43 Å². The summed E-state index contributed by atoms with van der Waals surface area (Å²) in [7, 11) is 0. The Morgan fingerprint density at radius 1 is 1.32 bits per heavy atom. The van der Waals surface area contributed by atoms with Crippen LogP contribution in [-0.2, 0) is 9.63 Å². The summed E-state index contributed by atoms with van der Waals surface area (Å²) in [6.45, 7) is 0. The number of non-ortho nitro benzene ring substituents is 1. The lowest BCUT2D eigenvalue weighted by Gasteiger charge is -2.10. The van der Waals surface area contributed by atoms with E-state index in [4.69, 9.17) is 0 Å². The van der Waals surface area contributed by atoms with Crippen LogP contribution in [0.3, 0.4) is 0 Å². The quantitative estimate of drug-likeness (QED) is 0.586. The molecule has 11 heteroatoms. The molecule has 1 atom stereocenters. The molecule has 1 aromatic carbocycles. The summed E-state index contributed by atoms with van der Waals surface area (Å²) in [5, 5.41) is 21.5. The van der Waals surface area contributed by atoms with E-state index in [0.717, 1.165) is 18.2 Å². The van der Waals surface area contributed by atoms with Crippen molar-refractivity contribution in [1.82, 2.24) is 5.59 Å². The fourth-order valence-electron chi connectivity index (χ4n) is 1.78. The van der Waals surface area contributed by atoms with Crippen LogP contribution in [-0.4, -0.2) is 28.1 Å². The maximum absolute atomic E-state index is 11.5. The third-order valence-corrected chi connectivity index (χ3v) is 2.85. The number of hydrogen-bond acceptors (Lipinski definition) is 9. The number of nitro groups is 2. The van der Waals surface area contributed by atoms with E-state index in [0.29, 0.717) is 12.8 Å². The van der Waals surface area contributed by atoms with Gasteiger partial charge in [0.1, 0.15) is 11.7 Å². The van der Waals surface area contributed by atoms with E-state index in [1.807, 2.05) is 0 Å². The van der Waals surface area contributed by atoms with Gasteiger partial charge in [-0.3, -0.25) is 30.6 Å². The molecule has 0 saturated carbocycles. The second kappa shape index (κ2) is 6.58. The normalized spacial score (nSPS) is 16.3. The fourth-order valence-corrected chi connectivity index (χ4v) is 1.78. The maximum atomic E-state index is 11.5. The predicted octanol–water partition coefficient (Wildman–Crippen LogP) is 1.11. The summed E-state index contributed by atoms with van der Waals surface area (Å²) in [6.07, 6.45) is 2.83. The van der Waals surface area contributed by atoms with Gasteiger partial charge in [0.25, 0.3) is 5.69 Å². The minimum absolute atomic E-state index is 0.0849. The van der Waals surface area contributed by atoms with Crippen LogP contribution < -0.4 is 11.0 Å². The minimum Gasteiger partial charge on any atom is -0.349 e. The van der Waals surface area contributed by atoms with Crippen molar-refractivity contribution >= 4 is 29.2 Å². The molecule has 0 aromatic heterocycles. The number of benzene rings is 1. The SMILES string of the molecule is O=C(ONNc1ccc([N+](=O)[O-])cc1[N+](=O)[O-])[C@@H]1CCC=N1. The van der Waals surface area contributed by atoms with Crippen LogP contribution in [0.15, 0.2) is 23.2 Å². The van der Waals surface area contributed by atoms with Gasteiger partial charge in [0.05, 0.1) is 15.9 Å². The molecule has 0 amide bonds. The number of anilines is 1. The van der Waals surface area contributed by atoms with Gasteiger partial charge >= 0.3 is 11.7 Å². The summed E-state index contributed by atoms with van der Waals surface area (Å²) in [5.41, 5.74) is 3.34. The zero-order valence-corrected chi connectivity index (χ0v) is 11.1. The molecule has 2 N–H and O–H groups in total. The van der Waals surface area contributed by atoms with Crippen LogP contribution in [0.25, 0.3) is 0 Å². The number of carbonyl (C=O) groups is 1. The number of nitro benzene ring substituents is 2. The Hall–Kier alpha value is -3.08. The lowest BCUT2D eigenvalue weighted by atomic mass is 10.2. The van der Waals surface area contributed by atoms with Gasteiger partial charge in [-0.1, -0.05) is 5.59 Å². The van der Waals surface area contributed by atoms with Gasteiger partial charge in [0, 0.05) is 6.07 Å². The van der Waals surface area contributed by atoms with Crippen molar-refractivity contribution in [2.24, 2.45) is 4.99 Å². The lowest BCUT2D eigenvalue weighted by molar-refractivity contribution is -0.393. The first-order valence-corrected chi connectivity index (χ1v) is 6.15. The van der Waals surface area contributed by atoms with Crippen LogP contribution in [0.5, 0.6) is 0 Å². The number of nitrogens with one attached hydrogen (secondary N) is 2. The smallest absolute Gasteiger partial charge is 0.349 e. The molecule has 116 valence electrons. The molecule has 0 spiro atoms. The Labute approximate surface area is 123 Å². The van der Waals surface area contributed by atoms with E-state index < -0.39 is 33.2 Å². The Balaban J connectivity index is 1.99. The summed E-state index contributed by atoms with van der Waals surface area (Å²) in [6, 6.07) is 2.42. The highest BCUT2D eigenvalue weighted by atomic mass is 16.7. The van der Waals surface area contributed by atoms with Crippen molar-refractivity contribution in [3.8, 4) is 0 Å². The topological polar surface area (TPSA) is 149 Å². The van der Waals surface area contributed by atoms with E-state index in [-0.39, 0.29) is 5.69 Å². The Morgan fingerprint density at radius 3 is 2.68 bits per heavy atom. The number of aliphatic imine (C=N–C) groups is 1. The van der Waals surface area contributed by atoms with Crippen molar-refractivity contribution in [2.45, 2.75) is 18.9 Å². The summed E-state index contributed by atoms with van der Waals surface area (Å²) < 4.78 is 0. The van der Waals surface area contributed by atoms with Gasteiger partial charge in [-0.2, -0.15) is 0 Å². The summed E-state index contributed by atoms with van der Waals surface area (Å²) in [5.74, 6) is -0.634. The molecule has 1 heterocycles. The second-order valence-electron chi connectivity index (χ2n) is 4.29. The van der Waals surface area contributed by atoms with Gasteiger partial charge in [-0.15, -0.1) is 0 Å².